The van der Waals surface area contributed by atoms with Crippen molar-refractivity contribution in [2.75, 3.05) is 0 Å². The molecule has 4 atom stereocenters. The first kappa shape index (κ1) is 57.2. The molecular formula is C56H46CaF2N2O8S4. The molecule has 0 aliphatic heterocycles. The first-order chi connectivity index (χ1) is 34.8. The summed E-state index contributed by atoms with van der Waals surface area (Å²) in [5, 5.41) is 62.6. The van der Waals surface area contributed by atoms with E-state index in [4.69, 9.17) is 0 Å². The van der Waals surface area contributed by atoms with Gasteiger partial charge in [0.1, 0.15) is 11.6 Å². The molecule has 73 heavy (non-hydrogen) atoms. The second-order valence-electron chi connectivity index (χ2n) is 16.1. The van der Waals surface area contributed by atoms with Gasteiger partial charge in [0.25, 0.3) is 0 Å². The number of rotatable bonds is 20. The van der Waals surface area contributed by atoms with E-state index in [1.807, 2.05) is 121 Å². The van der Waals surface area contributed by atoms with Crippen molar-refractivity contribution < 1.29 is 49.0 Å². The van der Waals surface area contributed by atoms with Crippen LogP contribution in [0.2, 0.25) is 0 Å². The SMILES string of the molecule is O=C([O-])C[C@H](O)C[C@H](O)/C=C/c1cnc2cc(Sc3ccccc3)c(F)cc2c1Sc1ccccc1.O=C([O-])C[C@H](O)C[C@H](O)/C=C/c1cnc2cc(Sc3ccccc3)c(F)cc2c1Sc1ccccc1.[Ca+2]. The van der Waals surface area contributed by atoms with Crippen LogP contribution in [0.4, 0.5) is 8.78 Å². The Kier molecular flexibility index (Phi) is 22.4. The summed E-state index contributed by atoms with van der Waals surface area (Å²) in [5.74, 6) is -3.49. The molecule has 4 N–H and O–H groups in total. The number of halogens is 2. The Morgan fingerprint density at radius 3 is 1.14 bits per heavy atom. The van der Waals surface area contributed by atoms with Gasteiger partial charge in [-0.3, -0.25) is 9.97 Å². The Balaban J connectivity index is 0.000000235. The molecule has 0 saturated carbocycles. The second kappa shape index (κ2) is 28.6. The van der Waals surface area contributed by atoms with E-state index >= 15 is 8.78 Å². The van der Waals surface area contributed by atoms with Crippen molar-refractivity contribution in [3.8, 4) is 0 Å². The van der Waals surface area contributed by atoms with E-state index in [0.29, 0.717) is 42.7 Å². The maximum atomic E-state index is 15.2. The monoisotopic (exact) mass is 1080 g/mol. The first-order valence-corrected chi connectivity index (χ1v) is 25.7. The average Bonchev–Trinajstić information content (AvgIpc) is 3.35. The predicted molar refractivity (Wildman–Crippen MR) is 282 cm³/mol. The Bertz CT molecular complexity index is 2950. The maximum absolute atomic E-state index is 15.2. The average molecular weight is 1080 g/mol. The molecule has 0 amide bonds. The van der Waals surface area contributed by atoms with E-state index < -0.39 is 49.2 Å². The molecule has 2 aromatic heterocycles. The van der Waals surface area contributed by atoms with Gasteiger partial charge in [-0.1, -0.05) is 144 Å². The summed E-state index contributed by atoms with van der Waals surface area (Å²) < 4.78 is 30.4. The number of carboxylic acid groups (broad SMARTS) is 2. The number of pyridine rings is 2. The minimum atomic E-state index is -1.38. The van der Waals surface area contributed by atoms with E-state index in [1.165, 1.54) is 71.3 Å². The van der Waals surface area contributed by atoms with Gasteiger partial charge < -0.3 is 40.2 Å². The number of aliphatic hydroxyl groups is 4. The van der Waals surface area contributed by atoms with Crippen molar-refractivity contribution in [2.45, 2.75) is 89.3 Å². The van der Waals surface area contributed by atoms with Crippen LogP contribution in [0.15, 0.2) is 209 Å². The van der Waals surface area contributed by atoms with Gasteiger partial charge in [0.2, 0.25) is 0 Å². The number of fused-ring (bicyclic) bond motifs is 2. The molecule has 0 aliphatic rings. The molecule has 368 valence electrons. The van der Waals surface area contributed by atoms with Crippen LogP contribution in [0.25, 0.3) is 34.0 Å². The van der Waals surface area contributed by atoms with E-state index in [9.17, 15) is 40.2 Å². The number of nitrogens with zero attached hydrogens (tertiary/aromatic N) is 2. The molecule has 17 heteroatoms. The minimum Gasteiger partial charge on any atom is -0.550 e. The molecule has 10 nitrogen and oxygen atoms in total. The zero-order chi connectivity index (χ0) is 51.0. The number of carbonyl (C=O) groups is 2. The fraction of sp³-hybridized carbons (Fsp3) is 0.143. The van der Waals surface area contributed by atoms with Gasteiger partial charge in [-0.15, -0.1) is 0 Å². The van der Waals surface area contributed by atoms with Crippen LogP contribution in [0.3, 0.4) is 0 Å². The molecule has 0 aliphatic carbocycles. The van der Waals surface area contributed by atoms with Gasteiger partial charge in [-0.25, -0.2) is 8.78 Å². The van der Waals surface area contributed by atoms with Gasteiger partial charge in [-0.2, -0.15) is 0 Å². The standard InChI is InChI=1S/2C28H24FNO4S2.Ca/c2*29-24-15-23-25(16-26(24)35-21-7-3-1-4-8-21)30-17-18(28(23)36-22-9-5-2-6-10-22)11-12-19(31)13-20(32)14-27(33)34;/h2*1-12,15-17,19-20,31-32H,13-14H2,(H,33,34);/q;;+2/p-2/b2*12-11+;/t2*19-,20-;/m11./s1. The van der Waals surface area contributed by atoms with Crippen LogP contribution in [0.1, 0.15) is 36.8 Å². The number of carboxylic acids is 2. The molecule has 6 aromatic carbocycles. The Hall–Kier alpha value is -5.08. The molecule has 0 fully saturated rings. The summed E-state index contributed by atoms with van der Waals surface area (Å²) in [5.41, 5.74) is 2.59. The van der Waals surface area contributed by atoms with Crippen LogP contribution in [0.5, 0.6) is 0 Å². The molecule has 0 spiro atoms. The van der Waals surface area contributed by atoms with Crippen molar-refractivity contribution >= 4 is 131 Å². The summed E-state index contributed by atoms with van der Waals surface area (Å²) in [6.07, 6.45) is 3.53. The number of carbonyl (C=O) groups excluding carboxylic acids is 2. The van der Waals surface area contributed by atoms with E-state index in [1.54, 1.807) is 36.7 Å². The fourth-order valence-electron chi connectivity index (χ4n) is 7.13. The number of aliphatic carboxylic acids is 2. The summed E-state index contributed by atoms with van der Waals surface area (Å²) in [6.45, 7) is 0. The largest absolute Gasteiger partial charge is 2.00 e. The van der Waals surface area contributed by atoms with E-state index in [0.717, 1.165) is 29.4 Å². The fourth-order valence-corrected chi connectivity index (χ4v) is 11.0. The van der Waals surface area contributed by atoms with Gasteiger partial charge in [0.05, 0.1) is 45.2 Å². The zero-order valence-electron chi connectivity index (χ0n) is 38.9. The van der Waals surface area contributed by atoms with E-state index in [-0.39, 0.29) is 62.2 Å². The Morgan fingerprint density at radius 1 is 0.507 bits per heavy atom. The smallest absolute Gasteiger partial charge is 0.550 e. The normalized spacial score (nSPS) is 13.0. The predicted octanol–water partition coefficient (Wildman–Crippen LogP) is 9.50. The number of benzene rings is 6. The van der Waals surface area contributed by atoms with Crippen molar-refractivity contribution in [1.29, 1.82) is 0 Å². The van der Waals surface area contributed by atoms with Crippen LogP contribution < -0.4 is 10.2 Å². The quantitative estimate of drug-likeness (QED) is 0.0529. The topological polar surface area (TPSA) is 187 Å². The van der Waals surface area contributed by atoms with Crippen LogP contribution in [0, 0.1) is 11.6 Å². The van der Waals surface area contributed by atoms with Crippen molar-refractivity contribution in [2.24, 2.45) is 0 Å². The molecule has 8 rings (SSSR count). The van der Waals surface area contributed by atoms with Crippen molar-refractivity contribution in [3.05, 3.63) is 193 Å². The molecule has 0 unspecified atom stereocenters. The van der Waals surface area contributed by atoms with Gasteiger partial charge in [-0.05, 0) is 72.8 Å². The van der Waals surface area contributed by atoms with Crippen LogP contribution >= 0.6 is 47.0 Å². The molecule has 0 saturated heterocycles. The Morgan fingerprint density at radius 2 is 0.822 bits per heavy atom. The molecule has 0 bridgehead atoms. The van der Waals surface area contributed by atoms with Gasteiger partial charge >= 0.3 is 37.7 Å². The maximum Gasteiger partial charge on any atom is 2.00 e. The third-order valence-electron chi connectivity index (χ3n) is 10.5. The molecular weight excluding hydrogens is 1030 g/mol. The Labute approximate surface area is 467 Å². The molecule has 2 heterocycles. The number of aliphatic hydroxyl groups excluding tert-OH is 4. The minimum absolute atomic E-state index is 0. The summed E-state index contributed by atoms with van der Waals surface area (Å²) >= 11 is 5.57. The van der Waals surface area contributed by atoms with Gasteiger partial charge in [0.15, 0.2) is 0 Å². The van der Waals surface area contributed by atoms with Crippen molar-refractivity contribution in [3.63, 3.8) is 0 Å². The molecule has 8 aromatic rings. The van der Waals surface area contributed by atoms with Crippen molar-refractivity contribution in [1.82, 2.24) is 9.97 Å². The van der Waals surface area contributed by atoms with Crippen LogP contribution in [-0.4, -0.2) is 104 Å². The second-order valence-corrected chi connectivity index (χ2v) is 20.5. The van der Waals surface area contributed by atoms with Crippen LogP contribution in [-0.2, 0) is 9.59 Å². The first-order valence-electron chi connectivity index (χ1n) is 22.4. The summed E-state index contributed by atoms with van der Waals surface area (Å²) in [6, 6.07) is 44.8. The van der Waals surface area contributed by atoms with Gasteiger partial charge in [0, 0.05) is 101 Å². The third-order valence-corrected chi connectivity index (χ3v) is 14.9. The number of hydrogen-bond donors (Lipinski definition) is 4. The zero-order valence-corrected chi connectivity index (χ0v) is 44.3. The summed E-state index contributed by atoms with van der Waals surface area (Å²) in [7, 11) is 0. The number of hydrogen-bond acceptors (Lipinski definition) is 14. The summed E-state index contributed by atoms with van der Waals surface area (Å²) in [4.78, 5) is 36.6. The third kappa shape index (κ3) is 17.5. The molecule has 0 radical (unpaired) electrons. The van der Waals surface area contributed by atoms with E-state index in [2.05, 4.69) is 9.97 Å². The number of aromatic nitrogens is 2.